The number of alkyl halides is 1. The molecule has 0 saturated heterocycles. The van der Waals surface area contributed by atoms with Crippen molar-refractivity contribution in [1.29, 1.82) is 5.26 Å². The average Bonchev–Trinajstić information content (AvgIpc) is 2.65. The maximum Gasteiger partial charge on any atom is 0.222 e. The maximum absolute atomic E-state index is 14.5. The maximum atomic E-state index is 14.5. The zero-order valence-electron chi connectivity index (χ0n) is 17.0. The van der Waals surface area contributed by atoms with E-state index in [-0.39, 0.29) is 11.3 Å². The molecule has 0 aliphatic heterocycles. The van der Waals surface area contributed by atoms with Gasteiger partial charge in [-0.2, -0.15) is 5.26 Å². The van der Waals surface area contributed by atoms with Crippen LogP contribution in [0, 0.1) is 11.3 Å². The third-order valence-electron chi connectivity index (χ3n) is 4.46. The molecule has 0 amide bonds. The number of hydrogen-bond donors (Lipinski definition) is 2. The molecule has 0 saturated carbocycles. The monoisotopic (exact) mass is 394 g/mol. The highest BCUT2D eigenvalue weighted by atomic mass is 19.1. The number of rotatable bonds is 5. The van der Waals surface area contributed by atoms with Crippen LogP contribution in [0.25, 0.3) is 10.8 Å². The Morgan fingerprint density at radius 2 is 1.83 bits per heavy atom. The molecule has 0 aliphatic rings. The van der Waals surface area contributed by atoms with Crippen molar-refractivity contribution in [2.24, 2.45) is 5.73 Å². The van der Waals surface area contributed by atoms with E-state index in [4.69, 9.17) is 10.5 Å². The Balaban J connectivity index is 2.09. The standard InChI is InChI=1S/C21H23FN6O/c1-20(2,22)18-12(9-23)6-7-16(28-18)27-17-8-13-14(10-25-17)19(29-5)26-11-15(13)21(3,4)24/h6-8,10-11H,24H2,1-5H3,(H,25,27,28). The van der Waals surface area contributed by atoms with Crippen LogP contribution in [0.3, 0.4) is 0 Å². The zero-order chi connectivity index (χ0) is 21.4. The van der Waals surface area contributed by atoms with Gasteiger partial charge >= 0.3 is 0 Å². The Kier molecular flexibility index (Phi) is 5.11. The van der Waals surface area contributed by atoms with Gasteiger partial charge < -0.3 is 15.8 Å². The van der Waals surface area contributed by atoms with Gasteiger partial charge in [0, 0.05) is 17.9 Å². The summed E-state index contributed by atoms with van der Waals surface area (Å²) in [5.74, 6) is 1.33. The molecular formula is C21H23FN6O. The molecule has 0 bridgehead atoms. The van der Waals surface area contributed by atoms with Gasteiger partial charge in [0.2, 0.25) is 5.88 Å². The number of hydrogen-bond acceptors (Lipinski definition) is 7. The zero-order valence-corrected chi connectivity index (χ0v) is 17.0. The summed E-state index contributed by atoms with van der Waals surface area (Å²) in [6.07, 6.45) is 3.33. The number of nitriles is 1. The van der Waals surface area contributed by atoms with Crippen LogP contribution < -0.4 is 15.8 Å². The van der Waals surface area contributed by atoms with Gasteiger partial charge in [0.25, 0.3) is 0 Å². The quantitative estimate of drug-likeness (QED) is 0.672. The number of anilines is 2. The van der Waals surface area contributed by atoms with Crippen molar-refractivity contribution < 1.29 is 9.13 Å². The Labute approximate surface area is 168 Å². The van der Waals surface area contributed by atoms with Crippen molar-refractivity contribution in [2.45, 2.75) is 38.9 Å². The summed E-state index contributed by atoms with van der Waals surface area (Å²) in [6, 6.07) is 6.94. The fraction of sp³-hybridized carbons (Fsp3) is 0.333. The highest BCUT2D eigenvalue weighted by Gasteiger charge is 2.25. The molecule has 3 N–H and O–H groups in total. The number of nitrogens with two attached hydrogens (primary N) is 1. The number of nitrogens with zero attached hydrogens (tertiary/aromatic N) is 4. The van der Waals surface area contributed by atoms with Gasteiger partial charge in [-0.3, -0.25) is 0 Å². The lowest BCUT2D eigenvalue weighted by atomic mass is 9.93. The molecule has 3 heterocycles. The van der Waals surface area contributed by atoms with Crippen molar-refractivity contribution in [3.8, 4) is 11.9 Å². The lowest BCUT2D eigenvalue weighted by Gasteiger charge is -2.22. The highest BCUT2D eigenvalue weighted by Crippen LogP contribution is 2.33. The first-order valence-electron chi connectivity index (χ1n) is 9.04. The molecule has 0 aromatic carbocycles. The molecule has 29 heavy (non-hydrogen) atoms. The SMILES string of the molecule is COc1ncc(C(C)(C)N)c2cc(Nc3ccc(C#N)c(C(C)(C)F)n3)ncc12. The van der Waals surface area contributed by atoms with Crippen molar-refractivity contribution in [1.82, 2.24) is 15.0 Å². The van der Waals surface area contributed by atoms with Gasteiger partial charge in [0.15, 0.2) is 0 Å². The molecule has 8 heteroatoms. The van der Waals surface area contributed by atoms with Crippen LogP contribution in [-0.2, 0) is 11.2 Å². The van der Waals surface area contributed by atoms with Crippen LogP contribution in [0.2, 0.25) is 0 Å². The van der Waals surface area contributed by atoms with Crippen LogP contribution in [0.1, 0.15) is 44.5 Å². The molecular weight excluding hydrogens is 371 g/mol. The Hall–Kier alpha value is -3.31. The fourth-order valence-electron chi connectivity index (χ4n) is 3.06. The van der Waals surface area contributed by atoms with Gasteiger partial charge in [-0.25, -0.2) is 19.3 Å². The largest absolute Gasteiger partial charge is 0.481 e. The number of methoxy groups -OCH3 is 1. The van der Waals surface area contributed by atoms with Crippen LogP contribution in [-0.4, -0.2) is 22.1 Å². The van der Waals surface area contributed by atoms with Gasteiger partial charge in [-0.15, -0.1) is 0 Å². The van der Waals surface area contributed by atoms with Gasteiger partial charge in [-0.05, 0) is 56.8 Å². The minimum absolute atomic E-state index is 0.0699. The summed E-state index contributed by atoms with van der Waals surface area (Å²) in [5.41, 5.74) is 5.02. The van der Waals surface area contributed by atoms with Crippen LogP contribution >= 0.6 is 0 Å². The first-order valence-corrected chi connectivity index (χ1v) is 9.04. The second-order valence-electron chi connectivity index (χ2n) is 7.82. The third-order valence-corrected chi connectivity index (χ3v) is 4.46. The number of nitrogens with one attached hydrogen (secondary N) is 1. The van der Waals surface area contributed by atoms with Crippen molar-refractivity contribution in [2.75, 3.05) is 12.4 Å². The van der Waals surface area contributed by atoms with E-state index < -0.39 is 11.2 Å². The van der Waals surface area contributed by atoms with Crippen molar-refractivity contribution >= 4 is 22.4 Å². The number of ether oxygens (including phenoxy) is 1. The third kappa shape index (κ3) is 4.10. The summed E-state index contributed by atoms with van der Waals surface area (Å²) in [6.45, 7) is 6.51. The average molecular weight is 394 g/mol. The first kappa shape index (κ1) is 20.4. The second kappa shape index (κ2) is 7.26. The summed E-state index contributed by atoms with van der Waals surface area (Å²) in [4.78, 5) is 13.0. The molecule has 0 fully saturated rings. The van der Waals surface area contributed by atoms with E-state index in [1.165, 1.54) is 19.9 Å². The van der Waals surface area contributed by atoms with Crippen LogP contribution in [0.15, 0.2) is 30.6 Å². The van der Waals surface area contributed by atoms with Gasteiger partial charge in [0.1, 0.15) is 23.4 Å². The van der Waals surface area contributed by atoms with E-state index in [1.54, 1.807) is 25.6 Å². The lowest BCUT2D eigenvalue weighted by Crippen LogP contribution is -2.29. The highest BCUT2D eigenvalue weighted by molar-refractivity contribution is 5.91. The molecule has 3 aromatic rings. The molecule has 0 spiro atoms. The Bertz CT molecular complexity index is 1110. The summed E-state index contributed by atoms with van der Waals surface area (Å²) < 4.78 is 19.8. The van der Waals surface area contributed by atoms with E-state index in [0.717, 1.165) is 16.3 Å². The molecule has 150 valence electrons. The minimum Gasteiger partial charge on any atom is -0.481 e. The van der Waals surface area contributed by atoms with E-state index in [0.29, 0.717) is 17.5 Å². The normalized spacial score (nSPS) is 11.9. The molecule has 0 radical (unpaired) electrons. The van der Waals surface area contributed by atoms with Gasteiger partial charge in [-0.1, -0.05) is 0 Å². The van der Waals surface area contributed by atoms with Crippen molar-refractivity contribution in [3.05, 3.63) is 47.4 Å². The number of aromatic nitrogens is 3. The number of fused-ring (bicyclic) bond motifs is 1. The lowest BCUT2D eigenvalue weighted by molar-refractivity contribution is 0.214. The predicted molar refractivity (Wildman–Crippen MR) is 110 cm³/mol. The van der Waals surface area contributed by atoms with Gasteiger partial charge in [0.05, 0.1) is 23.8 Å². The Morgan fingerprint density at radius 3 is 2.41 bits per heavy atom. The molecule has 0 aliphatic carbocycles. The minimum atomic E-state index is -1.75. The van der Waals surface area contributed by atoms with E-state index in [1.807, 2.05) is 26.0 Å². The first-order chi connectivity index (χ1) is 13.5. The molecule has 0 atom stereocenters. The Morgan fingerprint density at radius 1 is 1.10 bits per heavy atom. The van der Waals surface area contributed by atoms with Crippen LogP contribution in [0.5, 0.6) is 5.88 Å². The predicted octanol–water partition coefficient (Wildman–Crippen LogP) is 4.05. The summed E-state index contributed by atoms with van der Waals surface area (Å²) in [7, 11) is 1.54. The topological polar surface area (TPSA) is 110 Å². The van der Waals surface area contributed by atoms with Crippen LogP contribution in [0.4, 0.5) is 16.0 Å². The second-order valence-corrected chi connectivity index (χ2v) is 7.82. The van der Waals surface area contributed by atoms with E-state index >= 15 is 0 Å². The molecule has 3 rings (SSSR count). The molecule has 0 unspecified atom stereocenters. The smallest absolute Gasteiger partial charge is 0.222 e. The fourth-order valence-corrected chi connectivity index (χ4v) is 3.06. The van der Waals surface area contributed by atoms with E-state index in [9.17, 15) is 9.65 Å². The van der Waals surface area contributed by atoms with E-state index in [2.05, 4.69) is 20.3 Å². The summed E-state index contributed by atoms with van der Waals surface area (Å²) >= 11 is 0. The molecule has 3 aromatic heterocycles. The van der Waals surface area contributed by atoms with Crippen molar-refractivity contribution in [3.63, 3.8) is 0 Å². The summed E-state index contributed by atoms with van der Waals surface area (Å²) in [5, 5.41) is 13.9. The molecule has 7 nitrogen and oxygen atoms in total. The number of pyridine rings is 3. The number of halogens is 1.